The molecule has 0 saturated heterocycles. The maximum atomic E-state index is 11.8. The summed E-state index contributed by atoms with van der Waals surface area (Å²) >= 11 is 5.38. The van der Waals surface area contributed by atoms with Crippen LogP contribution >= 0.6 is 11.6 Å². The quantitative estimate of drug-likeness (QED) is 0.200. The first-order valence-electron chi connectivity index (χ1n) is 13.0. The van der Waals surface area contributed by atoms with Crippen molar-refractivity contribution in [2.24, 2.45) is 11.8 Å². The molecule has 212 valence electrons. The minimum Gasteiger partial charge on any atom is -0.463 e. The molecule has 0 spiro atoms. The molecule has 0 bridgehead atoms. The highest BCUT2D eigenvalue weighted by Gasteiger charge is 2.45. The number of carbonyl (C=O) groups is 2. The molecular formula is C31H45ClO6. The van der Waals surface area contributed by atoms with E-state index < -0.39 is 0 Å². The smallest absolute Gasteiger partial charge is 0.309 e. The first kappa shape index (κ1) is 33.8. The van der Waals surface area contributed by atoms with Crippen LogP contribution in [0.3, 0.4) is 0 Å². The molecule has 4 rings (SSSR count). The van der Waals surface area contributed by atoms with E-state index in [-0.39, 0.29) is 49.3 Å². The van der Waals surface area contributed by atoms with E-state index in [4.69, 9.17) is 30.9 Å². The van der Waals surface area contributed by atoms with E-state index in [1.165, 1.54) is 11.1 Å². The molecule has 0 unspecified atom stereocenters. The molecule has 2 aromatic carbocycles. The summed E-state index contributed by atoms with van der Waals surface area (Å²) in [6.07, 6.45) is 2.26. The zero-order valence-corrected chi connectivity index (χ0v) is 23.1. The number of aliphatic hydroxyl groups is 1. The van der Waals surface area contributed by atoms with E-state index >= 15 is 0 Å². The number of esters is 1. The Balaban J connectivity index is 0.000000312. The minimum absolute atomic E-state index is 0. The summed E-state index contributed by atoms with van der Waals surface area (Å²) in [4.78, 5) is 22.5. The van der Waals surface area contributed by atoms with Gasteiger partial charge in [0.25, 0.3) is 0 Å². The number of aliphatic hydroxyl groups excluding tert-OH is 1. The SMILES string of the molecule is C.CC(C)OCCO.CC(C)OCCOC(=O)[C@@H]1C[C@H]1c1ccccc1.O=C(Cl)[C@@H]1C[C@H]1c1ccccc1. The number of carbonyl (C=O) groups excluding carboxylic acids is 2. The van der Waals surface area contributed by atoms with Crippen molar-refractivity contribution in [1.29, 1.82) is 0 Å². The van der Waals surface area contributed by atoms with Crippen LogP contribution in [0.4, 0.5) is 0 Å². The standard InChI is InChI=1S/C15H20O3.C10H9ClO.C5H12O2.CH4/c1-11(2)17-8-9-18-15(16)14-10-13(14)12-6-4-3-5-7-12;11-10(12)9-6-8(9)7-4-2-1-3-5-7;1-5(2)7-4-3-6;/h3-7,11,13-14H,8-10H2,1-2H3;1-5,8-9H,6H2;5-6H,3-4H2,1-2H3;1H4/t13-,14+;8-,9+;;/m00../s1. The van der Waals surface area contributed by atoms with Gasteiger partial charge in [-0.15, -0.1) is 0 Å². The second-order valence-electron chi connectivity index (χ2n) is 9.75. The molecule has 1 N–H and O–H groups in total. The second-order valence-corrected chi connectivity index (χ2v) is 10.1. The van der Waals surface area contributed by atoms with Crippen molar-refractivity contribution in [3.8, 4) is 0 Å². The van der Waals surface area contributed by atoms with Crippen molar-refractivity contribution in [1.82, 2.24) is 0 Å². The molecule has 2 aromatic rings. The van der Waals surface area contributed by atoms with Gasteiger partial charge in [-0.2, -0.15) is 0 Å². The average Bonchev–Trinajstić information content (AvgIpc) is 3.81. The van der Waals surface area contributed by atoms with Gasteiger partial charge in [0.2, 0.25) is 5.24 Å². The lowest BCUT2D eigenvalue weighted by Crippen LogP contribution is -2.14. The van der Waals surface area contributed by atoms with E-state index in [1.807, 2.05) is 76.2 Å². The van der Waals surface area contributed by atoms with E-state index in [2.05, 4.69) is 12.1 Å². The van der Waals surface area contributed by atoms with E-state index in [0.29, 0.717) is 31.7 Å². The number of rotatable bonds is 11. The predicted octanol–water partition coefficient (Wildman–Crippen LogP) is 6.35. The van der Waals surface area contributed by atoms with E-state index in [1.54, 1.807) is 0 Å². The molecule has 6 nitrogen and oxygen atoms in total. The van der Waals surface area contributed by atoms with Gasteiger partial charge in [0, 0.05) is 5.92 Å². The van der Waals surface area contributed by atoms with Crippen LogP contribution < -0.4 is 0 Å². The van der Waals surface area contributed by atoms with Crippen molar-refractivity contribution in [3.63, 3.8) is 0 Å². The van der Waals surface area contributed by atoms with Gasteiger partial charge in [0.05, 0.1) is 37.9 Å². The third kappa shape index (κ3) is 13.0. The van der Waals surface area contributed by atoms with Crippen LogP contribution in [-0.2, 0) is 23.8 Å². The zero-order valence-electron chi connectivity index (χ0n) is 22.3. The first-order chi connectivity index (χ1) is 17.7. The largest absolute Gasteiger partial charge is 0.463 e. The lowest BCUT2D eigenvalue weighted by Gasteiger charge is -2.08. The maximum Gasteiger partial charge on any atom is 0.309 e. The van der Waals surface area contributed by atoms with Gasteiger partial charge in [-0.1, -0.05) is 68.1 Å². The molecule has 2 fully saturated rings. The lowest BCUT2D eigenvalue weighted by molar-refractivity contribution is -0.147. The van der Waals surface area contributed by atoms with Crippen molar-refractivity contribution in [2.45, 2.75) is 72.0 Å². The van der Waals surface area contributed by atoms with Gasteiger partial charge in [0.1, 0.15) is 6.61 Å². The topological polar surface area (TPSA) is 82.1 Å². The van der Waals surface area contributed by atoms with Gasteiger partial charge in [-0.05, 0) is 75.1 Å². The molecule has 7 heteroatoms. The van der Waals surface area contributed by atoms with Gasteiger partial charge in [-0.25, -0.2) is 0 Å². The Morgan fingerprint density at radius 2 is 1.24 bits per heavy atom. The maximum absolute atomic E-state index is 11.8. The Kier molecular flexibility index (Phi) is 16.1. The Morgan fingerprint density at radius 3 is 1.63 bits per heavy atom. The highest BCUT2D eigenvalue weighted by molar-refractivity contribution is 6.64. The summed E-state index contributed by atoms with van der Waals surface area (Å²) in [5, 5.41) is 8.00. The van der Waals surface area contributed by atoms with Crippen molar-refractivity contribution >= 4 is 22.8 Å². The summed E-state index contributed by atoms with van der Waals surface area (Å²) < 4.78 is 15.5. The van der Waals surface area contributed by atoms with Crippen LogP contribution in [0.25, 0.3) is 0 Å². The summed E-state index contributed by atoms with van der Waals surface area (Å²) in [5.41, 5.74) is 2.47. The fourth-order valence-electron chi connectivity index (χ4n) is 3.86. The van der Waals surface area contributed by atoms with Gasteiger partial charge >= 0.3 is 5.97 Å². The molecular weight excluding hydrogens is 504 g/mol. The Morgan fingerprint density at radius 1 is 0.789 bits per heavy atom. The van der Waals surface area contributed by atoms with Crippen LogP contribution in [0.15, 0.2) is 60.7 Å². The Bertz CT molecular complexity index is 918. The van der Waals surface area contributed by atoms with Gasteiger partial charge < -0.3 is 19.3 Å². The highest BCUT2D eigenvalue weighted by Crippen LogP contribution is 2.49. The zero-order chi connectivity index (χ0) is 27.2. The molecule has 2 aliphatic rings. The predicted molar refractivity (Wildman–Crippen MR) is 152 cm³/mol. The van der Waals surface area contributed by atoms with Gasteiger partial charge in [-0.3, -0.25) is 9.59 Å². The van der Waals surface area contributed by atoms with Gasteiger partial charge in [0.15, 0.2) is 0 Å². The third-order valence-electron chi connectivity index (χ3n) is 5.95. The molecule has 0 heterocycles. The average molecular weight is 549 g/mol. The molecule has 2 aliphatic carbocycles. The molecule has 2 saturated carbocycles. The van der Waals surface area contributed by atoms with Crippen molar-refractivity contribution < 1.29 is 28.9 Å². The van der Waals surface area contributed by atoms with E-state index in [9.17, 15) is 9.59 Å². The minimum atomic E-state index is -0.191. The van der Waals surface area contributed by atoms with Crippen LogP contribution in [0.1, 0.15) is 70.9 Å². The molecule has 0 amide bonds. The summed E-state index contributed by atoms with van der Waals surface area (Å²) in [5.74, 6) is 0.776. The summed E-state index contributed by atoms with van der Waals surface area (Å²) in [6.45, 7) is 9.23. The highest BCUT2D eigenvalue weighted by atomic mass is 35.5. The van der Waals surface area contributed by atoms with Crippen LogP contribution in [-0.4, -0.2) is 55.0 Å². The Hall–Kier alpha value is -2.25. The Labute approximate surface area is 233 Å². The van der Waals surface area contributed by atoms with Crippen LogP contribution in [0.2, 0.25) is 0 Å². The van der Waals surface area contributed by atoms with Crippen molar-refractivity contribution in [2.75, 3.05) is 26.4 Å². The summed E-state index contributed by atoms with van der Waals surface area (Å²) in [6, 6.07) is 20.2. The fourth-order valence-corrected chi connectivity index (χ4v) is 4.10. The van der Waals surface area contributed by atoms with Crippen molar-refractivity contribution in [3.05, 3.63) is 71.8 Å². The third-order valence-corrected chi connectivity index (χ3v) is 6.23. The molecule has 0 aromatic heterocycles. The van der Waals surface area contributed by atoms with Crippen LogP contribution in [0, 0.1) is 11.8 Å². The number of benzene rings is 2. The molecule has 4 atom stereocenters. The van der Waals surface area contributed by atoms with E-state index in [0.717, 1.165) is 12.8 Å². The van der Waals surface area contributed by atoms with Crippen LogP contribution in [0.5, 0.6) is 0 Å². The number of hydrogen-bond donors (Lipinski definition) is 1. The number of halogens is 1. The second kappa shape index (κ2) is 18.1. The molecule has 0 radical (unpaired) electrons. The molecule has 38 heavy (non-hydrogen) atoms. The molecule has 0 aliphatic heterocycles. The first-order valence-corrected chi connectivity index (χ1v) is 13.4. The fraction of sp³-hybridized carbons (Fsp3) is 0.548. The lowest BCUT2D eigenvalue weighted by atomic mass is 10.1. The number of ether oxygens (including phenoxy) is 3. The number of hydrogen-bond acceptors (Lipinski definition) is 6. The monoisotopic (exact) mass is 548 g/mol. The summed E-state index contributed by atoms with van der Waals surface area (Å²) in [7, 11) is 0. The normalized spacial score (nSPS) is 20.7.